The lowest BCUT2D eigenvalue weighted by Crippen LogP contribution is -2.26. The number of aryl methyl sites for hydroxylation is 1. The number of hydrogen-bond acceptors (Lipinski definition) is 3. The van der Waals surface area contributed by atoms with E-state index in [-0.39, 0.29) is 24.4 Å². The van der Waals surface area contributed by atoms with Crippen LogP contribution in [0.2, 0.25) is 0 Å². The third-order valence-electron chi connectivity index (χ3n) is 4.76. The van der Waals surface area contributed by atoms with Crippen LogP contribution >= 0.6 is 0 Å². The molecule has 3 aromatic rings. The van der Waals surface area contributed by atoms with Gasteiger partial charge in [0.1, 0.15) is 23.9 Å². The highest BCUT2D eigenvalue weighted by atomic mass is 19.1. The van der Waals surface area contributed by atoms with Crippen molar-refractivity contribution >= 4 is 5.91 Å². The van der Waals surface area contributed by atoms with Crippen molar-refractivity contribution in [2.24, 2.45) is 0 Å². The van der Waals surface area contributed by atoms with Crippen LogP contribution in [0.15, 0.2) is 66.7 Å². The molecule has 156 valence electrons. The largest absolute Gasteiger partial charge is 0.493 e. The van der Waals surface area contributed by atoms with Gasteiger partial charge in [0.05, 0.1) is 12.6 Å². The van der Waals surface area contributed by atoms with Gasteiger partial charge in [0.15, 0.2) is 0 Å². The Bertz CT molecular complexity index is 984. The van der Waals surface area contributed by atoms with E-state index in [1.54, 1.807) is 30.3 Å². The molecule has 1 N–H and O–H groups in total. The summed E-state index contributed by atoms with van der Waals surface area (Å²) in [6.45, 7) is 6.60. The summed E-state index contributed by atoms with van der Waals surface area (Å²) in [6.07, 6.45) is 0. The maximum absolute atomic E-state index is 13.1. The molecule has 1 amide bonds. The van der Waals surface area contributed by atoms with Crippen LogP contribution in [0.3, 0.4) is 0 Å². The summed E-state index contributed by atoms with van der Waals surface area (Å²) in [6, 6.07) is 18.9. The van der Waals surface area contributed by atoms with Crippen molar-refractivity contribution in [1.29, 1.82) is 0 Å². The number of ether oxygens (including phenoxy) is 2. The van der Waals surface area contributed by atoms with Gasteiger partial charge in [-0.15, -0.1) is 0 Å². The quantitative estimate of drug-likeness (QED) is 0.528. The van der Waals surface area contributed by atoms with E-state index in [1.807, 2.05) is 45.0 Å². The minimum absolute atomic E-state index is 0.216. The smallest absolute Gasteiger partial charge is 0.251 e. The number of carbonyl (C=O) groups excluding carboxylic acids is 1. The first kappa shape index (κ1) is 21.4. The molecule has 0 fully saturated rings. The van der Waals surface area contributed by atoms with Crippen molar-refractivity contribution in [3.8, 4) is 11.5 Å². The van der Waals surface area contributed by atoms with Crippen LogP contribution in [0.4, 0.5) is 4.39 Å². The standard InChI is InChI=1S/C25H26FNO3/c1-4-29-24-14-9-20(15-21(24)16-30-23-12-5-17(2)6-13-23)25(28)27-18(3)19-7-10-22(26)11-8-19/h5-15,18H,4,16H2,1-3H3,(H,27,28). The first-order valence-electron chi connectivity index (χ1n) is 9.97. The molecule has 0 saturated heterocycles. The van der Waals surface area contributed by atoms with E-state index in [9.17, 15) is 9.18 Å². The maximum atomic E-state index is 13.1. The van der Waals surface area contributed by atoms with E-state index < -0.39 is 0 Å². The number of hydrogen-bond donors (Lipinski definition) is 1. The number of benzene rings is 3. The van der Waals surface area contributed by atoms with Crippen LogP contribution in [0, 0.1) is 12.7 Å². The second-order valence-electron chi connectivity index (χ2n) is 7.10. The monoisotopic (exact) mass is 407 g/mol. The van der Waals surface area contributed by atoms with Crippen LogP contribution < -0.4 is 14.8 Å². The Morgan fingerprint density at radius 2 is 1.70 bits per heavy atom. The molecule has 0 aliphatic rings. The molecular weight excluding hydrogens is 381 g/mol. The molecule has 4 nitrogen and oxygen atoms in total. The van der Waals surface area contributed by atoms with Gasteiger partial charge in [-0.2, -0.15) is 0 Å². The van der Waals surface area contributed by atoms with Crippen LogP contribution in [0.1, 0.15) is 46.9 Å². The molecule has 0 spiro atoms. The first-order valence-corrected chi connectivity index (χ1v) is 9.97. The third kappa shape index (κ3) is 5.60. The molecule has 1 atom stereocenters. The van der Waals surface area contributed by atoms with E-state index >= 15 is 0 Å². The Kier molecular flexibility index (Phi) is 7.07. The fourth-order valence-electron chi connectivity index (χ4n) is 3.04. The molecule has 0 saturated carbocycles. The number of halogens is 1. The summed E-state index contributed by atoms with van der Waals surface area (Å²) in [4.78, 5) is 12.8. The van der Waals surface area contributed by atoms with Gasteiger partial charge < -0.3 is 14.8 Å². The van der Waals surface area contributed by atoms with Gasteiger partial charge in [0.25, 0.3) is 5.91 Å². The first-order chi connectivity index (χ1) is 14.5. The number of rotatable bonds is 8. The summed E-state index contributed by atoms with van der Waals surface area (Å²) in [5, 5.41) is 2.95. The molecule has 0 aliphatic heterocycles. The van der Waals surface area contributed by atoms with E-state index in [4.69, 9.17) is 9.47 Å². The zero-order chi connectivity index (χ0) is 21.5. The molecule has 3 aromatic carbocycles. The van der Waals surface area contributed by atoms with Gasteiger partial charge >= 0.3 is 0 Å². The minimum Gasteiger partial charge on any atom is -0.493 e. The molecule has 3 rings (SSSR count). The molecule has 5 heteroatoms. The van der Waals surface area contributed by atoms with Gasteiger partial charge in [-0.25, -0.2) is 4.39 Å². The Hall–Kier alpha value is -3.34. The van der Waals surface area contributed by atoms with Crippen molar-refractivity contribution in [2.45, 2.75) is 33.4 Å². The van der Waals surface area contributed by atoms with Crippen molar-refractivity contribution in [2.75, 3.05) is 6.61 Å². The summed E-state index contributed by atoms with van der Waals surface area (Å²) >= 11 is 0. The van der Waals surface area contributed by atoms with Crippen molar-refractivity contribution in [3.05, 3.63) is 94.8 Å². The molecule has 0 bridgehead atoms. The Morgan fingerprint density at radius 3 is 2.37 bits per heavy atom. The second kappa shape index (κ2) is 9.92. The van der Waals surface area contributed by atoms with Gasteiger partial charge in [0.2, 0.25) is 0 Å². The summed E-state index contributed by atoms with van der Waals surface area (Å²) in [5.74, 6) is 0.920. The topological polar surface area (TPSA) is 47.6 Å². The van der Waals surface area contributed by atoms with Crippen LogP contribution in [-0.2, 0) is 6.61 Å². The van der Waals surface area contributed by atoms with Gasteiger partial charge in [-0.05, 0) is 68.8 Å². The fourth-order valence-corrected chi connectivity index (χ4v) is 3.04. The normalized spacial score (nSPS) is 11.6. The Labute approximate surface area is 176 Å². The number of amides is 1. The van der Waals surface area contributed by atoms with E-state index in [2.05, 4.69) is 5.32 Å². The van der Waals surface area contributed by atoms with E-state index in [0.717, 1.165) is 22.4 Å². The molecule has 0 aliphatic carbocycles. The summed E-state index contributed by atoms with van der Waals surface area (Å²) in [7, 11) is 0. The molecule has 0 heterocycles. The van der Waals surface area contributed by atoms with Gasteiger partial charge in [-0.1, -0.05) is 29.8 Å². The second-order valence-corrected chi connectivity index (χ2v) is 7.10. The van der Waals surface area contributed by atoms with Crippen molar-refractivity contribution < 1.29 is 18.7 Å². The molecule has 0 radical (unpaired) electrons. The SMILES string of the molecule is CCOc1ccc(C(=O)NC(C)c2ccc(F)cc2)cc1COc1ccc(C)cc1. The van der Waals surface area contributed by atoms with Crippen LogP contribution in [0.25, 0.3) is 0 Å². The highest BCUT2D eigenvalue weighted by Gasteiger charge is 2.14. The van der Waals surface area contributed by atoms with Crippen LogP contribution in [-0.4, -0.2) is 12.5 Å². The Morgan fingerprint density at radius 1 is 1.00 bits per heavy atom. The summed E-state index contributed by atoms with van der Waals surface area (Å²) in [5.41, 5.74) is 3.29. The summed E-state index contributed by atoms with van der Waals surface area (Å²) < 4.78 is 24.7. The lowest BCUT2D eigenvalue weighted by Gasteiger charge is -2.16. The van der Waals surface area contributed by atoms with E-state index in [1.165, 1.54) is 12.1 Å². The average molecular weight is 407 g/mol. The molecule has 30 heavy (non-hydrogen) atoms. The number of carbonyl (C=O) groups is 1. The molecule has 1 unspecified atom stereocenters. The van der Waals surface area contributed by atoms with E-state index in [0.29, 0.717) is 17.9 Å². The average Bonchev–Trinajstić information content (AvgIpc) is 2.74. The highest BCUT2D eigenvalue weighted by Crippen LogP contribution is 2.24. The lowest BCUT2D eigenvalue weighted by atomic mass is 10.1. The fraction of sp³-hybridized carbons (Fsp3) is 0.240. The van der Waals surface area contributed by atoms with Gasteiger partial charge in [-0.3, -0.25) is 4.79 Å². The maximum Gasteiger partial charge on any atom is 0.251 e. The highest BCUT2D eigenvalue weighted by molar-refractivity contribution is 5.94. The lowest BCUT2D eigenvalue weighted by molar-refractivity contribution is 0.0939. The van der Waals surface area contributed by atoms with Gasteiger partial charge in [0, 0.05) is 11.1 Å². The van der Waals surface area contributed by atoms with Crippen molar-refractivity contribution in [3.63, 3.8) is 0 Å². The molecule has 0 aromatic heterocycles. The zero-order valence-corrected chi connectivity index (χ0v) is 17.4. The predicted molar refractivity (Wildman–Crippen MR) is 115 cm³/mol. The Balaban J connectivity index is 1.73. The van der Waals surface area contributed by atoms with Crippen molar-refractivity contribution in [1.82, 2.24) is 5.32 Å². The minimum atomic E-state index is -0.304. The number of nitrogens with one attached hydrogen (secondary N) is 1. The molecular formula is C25H26FNO3. The zero-order valence-electron chi connectivity index (χ0n) is 17.4. The van der Waals surface area contributed by atoms with Crippen LogP contribution in [0.5, 0.6) is 11.5 Å². The predicted octanol–water partition coefficient (Wildman–Crippen LogP) is 5.60. The third-order valence-corrected chi connectivity index (χ3v) is 4.76.